The zero-order valence-corrected chi connectivity index (χ0v) is 20.4. The van der Waals surface area contributed by atoms with Gasteiger partial charge in [-0.3, -0.25) is 14.2 Å². The van der Waals surface area contributed by atoms with Crippen LogP contribution in [-0.2, 0) is 21.1 Å². The van der Waals surface area contributed by atoms with Crippen molar-refractivity contribution in [3.05, 3.63) is 85.2 Å². The first-order chi connectivity index (χ1) is 17.2. The van der Waals surface area contributed by atoms with Gasteiger partial charge in [0.25, 0.3) is 0 Å². The topological polar surface area (TPSA) is 97.0 Å². The Bertz CT molecular complexity index is 1520. The van der Waals surface area contributed by atoms with Crippen molar-refractivity contribution in [1.29, 1.82) is 5.26 Å². The van der Waals surface area contributed by atoms with Gasteiger partial charge in [-0.05, 0) is 68.3 Å². The molecule has 0 aliphatic rings. The molecule has 0 aliphatic heterocycles. The standard InChI is InChI=1S/C29H26N4O3/c1-5-26(34)32-23-11-7-9-20(13-23)22-14-24-25(21-10-6-8-19(12-21)15-30)17-33(27(24)31-16-22)18-36-28(35)29(2,3)4/h5-14,16-17H,1,18H2,2-4H3,(H,32,34). The molecule has 0 aliphatic carbocycles. The number of anilines is 1. The van der Waals surface area contributed by atoms with Crippen molar-refractivity contribution in [2.24, 2.45) is 5.41 Å². The largest absolute Gasteiger partial charge is 0.443 e. The van der Waals surface area contributed by atoms with Gasteiger partial charge in [-0.2, -0.15) is 5.26 Å². The van der Waals surface area contributed by atoms with E-state index in [0.29, 0.717) is 16.9 Å². The van der Waals surface area contributed by atoms with Crippen LogP contribution in [0, 0.1) is 16.7 Å². The molecular weight excluding hydrogens is 452 g/mol. The quantitative estimate of drug-likeness (QED) is 0.274. The molecule has 0 saturated heterocycles. The fraction of sp³-hybridized carbons (Fsp3) is 0.172. The maximum atomic E-state index is 12.4. The van der Waals surface area contributed by atoms with Crippen LogP contribution in [0.15, 0.2) is 79.6 Å². The molecule has 4 rings (SSSR count). The van der Waals surface area contributed by atoms with Crippen LogP contribution >= 0.6 is 0 Å². The lowest BCUT2D eigenvalue weighted by Crippen LogP contribution is -2.23. The monoisotopic (exact) mass is 478 g/mol. The van der Waals surface area contributed by atoms with E-state index < -0.39 is 5.41 Å². The van der Waals surface area contributed by atoms with Gasteiger partial charge in [0.15, 0.2) is 6.73 Å². The zero-order valence-electron chi connectivity index (χ0n) is 20.4. The van der Waals surface area contributed by atoms with Gasteiger partial charge in [0.05, 0.1) is 17.0 Å². The fourth-order valence-electron chi connectivity index (χ4n) is 3.73. The highest BCUT2D eigenvalue weighted by atomic mass is 16.5. The number of nitriles is 1. The first kappa shape index (κ1) is 24.4. The Morgan fingerprint density at radius 2 is 1.86 bits per heavy atom. The Labute approximate surface area is 209 Å². The number of fused-ring (bicyclic) bond motifs is 1. The predicted molar refractivity (Wildman–Crippen MR) is 140 cm³/mol. The Hall–Kier alpha value is -4.70. The molecule has 1 amide bonds. The van der Waals surface area contributed by atoms with Crippen LogP contribution in [0.5, 0.6) is 0 Å². The van der Waals surface area contributed by atoms with E-state index in [2.05, 4.69) is 18.0 Å². The lowest BCUT2D eigenvalue weighted by molar-refractivity contribution is -0.156. The van der Waals surface area contributed by atoms with Gasteiger partial charge in [-0.25, -0.2) is 4.98 Å². The van der Waals surface area contributed by atoms with E-state index in [9.17, 15) is 14.9 Å². The number of ether oxygens (including phenoxy) is 1. The second-order valence-electron chi connectivity index (χ2n) is 9.39. The van der Waals surface area contributed by atoms with Crippen molar-refractivity contribution in [3.8, 4) is 28.3 Å². The summed E-state index contributed by atoms with van der Waals surface area (Å²) in [6.45, 7) is 8.91. The number of aromatic nitrogens is 2. The van der Waals surface area contributed by atoms with Crippen molar-refractivity contribution in [3.63, 3.8) is 0 Å². The summed E-state index contributed by atoms with van der Waals surface area (Å²) in [5.74, 6) is -0.602. The van der Waals surface area contributed by atoms with Gasteiger partial charge in [0.2, 0.25) is 5.91 Å². The third-order valence-corrected chi connectivity index (χ3v) is 5.61. The van der Waals surface area contributed by atoms with Gasteiger partial charge in [0, 0.05) is 34.6 Å². The first-order valence-electron chi connectivity index (χ1n) is 11.4. The highest BCUT2D eigenvalue weighted by molar-refractivity contribution is 6.00. The van der Waals surface area contributed by atoms with Gasteiger partial charge >= 0.3 is 5.97 Å². The molecule has 4 aromatic rings. The molecule has 0 radical (unpaired) electrons. The maximum Gasteiger partial charge on any atom is 0.312 e. The molecule has 2 heterocycles. The molecule has 7 heteroatoms. The molecule has 0 fully saturated rings. The molecule has 0 spiro atoms. The van der Waals surface area contributed by atoms with Gasteiger partial charge < -0.3 is 10.1 Å². The van der Waals surface area contributed by atoms with E-state index in [-0.39, 0.29) is 18.6 Å². The summed E-state index contributed by atoms with van der Waals surface area (Å²) in [6, 6.07) is 19.0. The summed E-state index contributed by atoms with van der Waals surface area (Å²) in [5.41, 5.74) is 4.64. The van der Waals surface area contributed by atoms with Crippen LogP contribution in [0.25, 0.3) is 33.3 Å². The molecule has 0 saturated carbocycles. The van der Waals surface area contributed by atoms with Crippen molar-refractivity contribution in [1.82, 2.24) is 9.55 Å². The van der Waals surface area contributed by atoms with E-state index in [0.717, 1.165) is 27.6 Å². The summed E-state index contributed by atoms with van der Waals surface area (Å²) < 4.78 is 7.35. The van der Waals surface area contributed by atoms with E-state index in [1.54, 1.807) is 43.7 Å². The number of nitrogens with zero attached hydrogens (tertiary/aromatic N) is 3. The Morgan fingerprint density at radius 1 is 1.11 bits per heavy atom. The number of hydrogen-bond acceptors (Lipinski definition) is 5. The third-order valence-electron chi connectivity index (χ3n) is 5.61. The lowest BCUT2D eigenvalue weighted by atomic mass is 9.98. The highest BCUT2D eigenvalue weighted by Gasteiger charge is 2.23. The second kappa shape index (κ2) is 9.88. The smallest absolute Gasteiger partial charge is 0.312 e. The van der Waals surface area contributed by atoms with Crippen LogP contribution in [0.1, 0.15) is 26.3 Å². The number of nitrogens with one attached hydrogen (secondary N) is 1. The molecule has 2 aromatic heterocycles. The van der Waals surface area contributed by atoms with Crippen LogP contribution < -0.4 is 5.32 Å². The van der Waals surface area contributed by atoms with Crippen LogP contribution in [0.3, 0.4) is 0 Å². The maximum absolute atomic E-state index is 12.4. The van der Waals surface area contributed by atoms with Crippen molar-refractivity contribution in [2.75, 3.05) is 5.32 Å². The average molecular weight is 479 g/mol. The van der Waals surface area contributed by atoms with Crippen molar-refractivity contribution < 1.29 is 14.3 Å². The van der Waals surface area contributed by atoms with E-state index in [1.807, 2.05) is 48.7 Å². The third kappa shape index (κ3) is 5.18. The lowest BCUT2D eigenvalue weighted by Gasteiger charge is -2.17. The molecule has 180 valence electrons. The molecule has 0 unspecified atom stereocenters. The van der Waals surface area contributed by atoms with Crippen LogP contribution in [0.4, 0.5) is 5.69 Å². The molecular formula is C29H26N4O3. The summed E-state index contributed by atoms with van der Waals surface area (Å²) >= 11 is 0. The molecule has 2 aromatic carbocycles. The van der Waals surface area contributed by atoms with E-state index >= 15 is 0 Å². The number of carbonyl (C=O) groups excluding carboxylic acids is 2. The number of hydrogen-bond donors (Lipinski definition) is 1. The van der Waals surface area contributed by atoms with Gasteiger partial charge in [0.1, 0.15) is 5.65 Å². The predicted octanol–water partition coefficient (Wildman–Crippen LogP) is 5.91. The number of amides is 1. The van der Waals surface area contributed by atoms with E-state index in [4.69, 9.17) is 9.72 Å². The summed E-state index contributed by atoms with van der Waals surface area (Å²) in [7, 11) is 0. The molecule has 0 bridgehead atoms. The number of pyridine rings is 1. The van der Waals surface area contributed by atoms with Crippen molar-refractivity contribution >= 4 is 28.6 Å². The van der Waals surface area contributed by atoms with Gasteiger partial charge in [-0.1, -0.05) is 30.8 Å². The van der Waals surface area contributed by atoms with Crippen LogP contribution in [0.2, 0.25) is 0 Å². The SMILES string of the molecule is C=CC(=O)Nc1cccc(-c2cnc3c(c2)c(-c2cccc(C#N)c2)cn3COC(=O)C(C)(C)C)c1. The normalized spacial score (nSPS) is 11.1. The Kier molecular flexibility index (Phi) is 6.71. The Balaban J connectivity index is 1.81. The van der Waals surface area contributed by atoms with Crippen LogP contribution in [-0.4, -0.2) is 21.4 Å². The second-order valence-corrected chi connectivity index (χ2v) is 9.39. The zero-order chi connectivity index (χ0) is 25.9. The van der Waals surface area contributed by atoms with Gasteiger partial charge in [-0.15, -0.1) is 0 Å². The van der Waals surface area contributed by atoms with Crippen molar-refractivity contribution in [2.45, 2.75) is 27.5 Å². The average Bonchev–Trinajstić information content (AvgIpc) is 3.24. The summed E-state index contributed by atoms with van der Waals surface area (Å²) in [5, 5.41) is 13.0. The number of benzene rings is 2. The summed E-state index contributed by atoms with van der Waals surface area (Å²) in [6.07, 6.45) is 4.85. The summed E-state index contributed by atoms with van der Waals surface area (Å²) in [4.78, 5) is 28.8. The molecule has 1 N–H and O–H groups in total. The minimum absolute atomic E-state index is 0.0138. The highest BCUT2D eigenvalue weighted by Crippen LogP contribution is 2.34. The molecule has 7 nitrogen and oxygen atoms in total. The first-order valence-corrected chi connectivity index (χ1v) is 11.4. The minimum atomic E-state index is -0.625. The number of rotatable bonds is 6. The fourth-order valence-corrected chi connectivity index (χ4v) is 3.73. The molecule has 0 atom stereocenters. The van der Waals surface area contributed by atoms with E-state index in [1.165, 1.54) is 6.08 Å². The number of carbonyl (C=O) groups is 2. The minimum Gasteiger partial charge on any atom is -0.443 e. The molecule has 36 heavy (non-hydrogen) atoms. The number of esters is 1. The Morgan fingerprint density at radius 3 is 2.58 bits per heavy atom.